The summed E-state index contributed by atoms with van der Waals surface area (Å²) < 4.78 is 0. The van der Waals surface area contributed by atoms with Crippen molar-refractivity contribution in [2.24, 2.45) is 5.92 Å². The predicted octanol–water partition coefficient (Wildman–Crippen LogP) is 2.04. The van der Waals surface area contributed by atoms with Gasteiger partial charge in [-0.25, -0.2) is 0 Å². The maximum Gasteiger partial charge on any atom is 0.192 e. The van der Waals surface area contributed by atoms with E-state index in [1.807, 2.05) is 6.07 Å². The fraction of sp³-hybridized carbons (Fsp3) is 0.333. The van der Waals surface area contributed by atoms with Crippen molar-refractivity contribution in [1.29, 1.82) is 0 Å². The number of allylic oxidation sites excluding steroid dienone is 1. The Morgan fingerprint density at radius 3 is 2.43 bits per heavy atom. The molecule has 0 saturated heterocycles. The zero-order valence-electron chi connectivity index (χ0n) is 8.35. The molecule has 0 aliphatic heterocycles. The van der Waals surface area contributed by atoms with Crippen molar-refractivity contribution in [3.8, 4) is 0 Å². The lowest BCUT2D eigenvalue weighted by Gasteiger charge is -2.28. The van der Waals surface area contributed by atoms with Gasteiger partial charge in [-0.05, 0) is 6.42 Å². The standard InChI is InChI=1S/C12H16O2/c1-3-7-10(2)12(13,14)11-8-5-4-6-9-11/h3-6,8-10,13-14H,1,7H2,2H3. The number of hydrogen-bond donors (Lipinski definition) is 2. The van der Waals surface area contributed by atoms with E-state index in [0.717, 1.165) is 0 Å². The Hall–Kier alpha value is -1.12. The molecule has 0 spiro atoms. The molecule has 1 rings (SSSR count). The van der Waals surface area contributed by atoms with Crippen LogP contribution in [0.4, 0.5) is 0 Å². The highest BCUT2D eigenvalue weighted by Crippen LogP contribution is 2.28. The van der Waals surface area contributed by atoms with Crippen molar-refractivity contribution < 1.29 is 10.2 Å². The third-order valence-electron chi connectivity index (χ3n) is 2.41. The van der Waals surface area contributed by atoms with Crippen molar-refractivity contribution >= 4 is 0 Å². The van der Waals surface area contributed by atoms with Crippen LogP contribution in [0.25, 0.3) is 0 Å². The first-order valence-corrected chi connectivity index (χ1v) is 4.70. The number of rotatable bonds is 4. The van der Waals surface area contributed by atoms with Crippen molar-refractivity contribution in [3.63, 3.8) is 0 Å². The van der Waals surface area contributed by atoms with Crippen molar-refractivity contribution in [3.05, 3.63) is 48.6 Å². The van der Waals surface area contributed by atoms with E-state index in [9.17, 15) is 10.2 Å². The van der Waals surface area contributed by atoms with Crippen LogP contribution >= 0.6 is 0 Å². The Balaban J connectivity index is 2.89. The molecule has 0 fully saturated rings. The zero-order valence-corrected chi connectivity index (χ0v) is 8.35. The van der Waals surface area contributed by atoms with Gasteiger partial charge in [0.15, 0.2) is 5.79 Å². The minimum absolute atomic E-state index is 0.262. The molecule has 0 saturated carbocycles. The molecule has 76 valence electrons. The second-order valence-corrected chi connectivity index (χ2v) is 3.52. The minimum Gasteiger partial charge on any atom is -0.362 e. The molecule has 1 aromatic carbocycles. The lowest BCUT2D eigenvalue weighted by Crippen LogP contribution is -2.32. The molecule has 0 bridgehead atoms. The summed E-state index contributed by atoms with van der Waals surface area (Å²) in [4.78, 5) is 0. The Morgan fingerprint density at radius 2 is 1.93 bits per heavy atom. The first-order chi connectivity index (χ1) is 6.59. The van der Waals surface area contributed by atoms with Crippen LogP contribution < -0.4 is 0 Å². The summed E-state index contributed by atoms with van der Waals surface area (Å²) in [6.45, 7) is 5.37. The van der Waals surface area contributed by atoms with E-state index in [0.29, 0.717) is 12.0 Å². The third kappa shape index (κ3) is 2.22. The van der Waals surface area contributed by atoms with Gasteiger partial charge in [-0.1, -0.05) is 43.3 Å². The van der Waals surface area contributed by atoms with Gasteiger partial charge in [0, 0.05) is 11.5 Å². The Bertz CT molecular complexity index is 290. The van der Waals surface area contributed by atoms with Gasteiger partial charge in [0.25, 0.3) is 0 Å². The van der Waals surface area contributed by atoms with Crippen LogP contribution in [0.1, 0.15) is 18.9 Å². The molecular weight excluding hydrogens is 176 g/mol. The maximum absolute atomic E-state index is 9.89. The van der Waals surface area contributed by atoms with Crippen LogP contribution in [0.2, 0.25) is 0 Å². The second-order valence-electron chi connectivity index (χ2n) is 3.52. The first kappa shape index (κ1) is 11.0. The molecule has 0 amide bonds. The highest BCUT2D eigenvalue weighted by atomic mass is 16.5. The topological polar surface area (TPSA) is 40.5 Å². The molecule has 1 unspecified atom stereocenters. The van der Waals surface area contributed by atoms with Crippen LogP contribution in [-0.4, -0.2) is 10.2 Å². The normalized spacial score (nSPS) is 13.6. The lowest BCUT2D eigenvalue weighted by molar-refractivity contribution is -0.205. The summed E-state index contributed by atoms with van der Waals surface area (Å²) in [5.74, 6) is -2.03. The largest absolute Gasteiger partial charge is 0.362 e. The predicted molar refractivity (Wildman–Crippen MR) is 56.5 cm³/mol. The molecule has 0 aliphatic rings. The van der Waals surface area contributed by atoms with E-state index in [1.165, 1.54) is 0 Å². The van der Waals surface area contributed by atoms with E-state index in [1.54, 1.807) is 37.3 Å². The van der Waals surface area contributed by atoms with Gasteiger partial charge in [-0.15, -0.1) is 6.58 Å². The smallest absolute Gasteiger partial charge is 0.192 e. The molecule has 14 heavy (non-hydrogen) atoms. The number of hydrogen-bond acceptors (Lipinski definition) is 2. The summed E-state index contributed by atoms with van der Waals surface area (Å²) in [5.41, 5.74) is 0.523. The van der Waals surface area contributed by atoms with Gasteiger partial charge in [-0.3, -0.25) is 0 Å². The lowest BCUT2D eigenvalue weighted by atomic mass is 9.91. The molecule has 2 heteroatoms. The van der Waals surface area contributed by atoms with E-state index in [4.69, 9.17) is 0 Å². The molecule has 2 N–H and O–H groups in total. The van der Waals surface area contributed by atoms with Gasteiger partial charge >= 0.3 is 0 Å². The maximum atomic E-state index is 9.89. The van der Waals surface area contributed by atoms with Crippen molar-refractivity contribution in [2.75, 3.05) is 0 Å². The molecule has 0 radical (unpaired) electrons. The van der Waals surface area contributed by atoms with Gasteiger partial charge in [0.2, 0.25) is 0 Å². The summed E-state index contributed by atoms with van der Waals surface area (Å²) in [7, 11) is 0. The molecule has 0 aliphatic carbocycles. The summed E-state index contributed by atoms with van der Waals surface area (Å²) in [5, 5.41) is 19.8. The Kier molecular flexibility index (Phi) is 3.44. The fourth-order valence-electron chi connectivity index (χ4n) is 1.38. The number of benzene rings is 1. The molecular formula is C12H16O2. The zero-order chi connectivity index (χ0) is 10.6. The van der Waals surface area contributed by atoms with E-state index < -0.39 is 5.79 Å². The summed E-state index contributed by atoms with van der Waals surface area (Å²) >= 11 is 0. The average Bonchev–Trinajstić information content (AvgIpc) is 2.19. The van der Waals surface area contributed by atoms with E-state index >= 15 is 0 Å². The SMILES string of the molecule is C=CCC(C)C(O)(O)c1ccccc1. The summed E-state index contributed by atoms with van der Waals surface area (Å²) in [6, 6.07) is 8.84. The first-order valence-electron chi connectivity index (χ1n) is 4.70. The Labute approximate surface area is 84.5 Å². The van der Waals surface area contributed by atoms with Crippen LogP contribution in [0.15, 0.2) is 43.0 Å². The molecule has 1 atom stereocenters. The van der Waals surface area contributed by atoms with Crippen molar-refractivity contribution in [1.82, 2.24) is 0 Å². The van der Waals surface area contributed by atoms with Crippen LogP contribution in [0, 0.1) is 5.92 Å². The van der Waals surface area contributed by atoms with Gasteiger partial charge < -0.3 is 10.2 Å². The van der Waals surface area contributed by atoms with Gasteiger partial charge in [0.05, 0.1) is 0 Å². The van der Waals surface area contributed by atoms with Gasteiger partial charge in [0.1, 0.15) is 0 Å². The monoisotopic (exact) mass is 192 g/mol. The molecule has 0 aromatic heterocycles. The highest BCUT2D eigenvalue weighted by Gasteiger charge is 2.31. The highest BCUT2D eigenvalue weighted by molar-refractivity contribution is 5.20. The third-order valence-corrected chi connectivity index (χ3v) is 2.41. The number of aliphatic hydroxyl groups is 2. The van der Waals surface area contributed by atoms with E-state index in [-0.39, 0.29) is 5.92 Å². The fourth-order valence-corrected chi connectivity index (χ4v) is 1.38. The van der Waals surface area contributed by atoms with Crippen LogP contribution in [-0.2, 0) is 5.79 Å². The molecule has 2 nitrogen and oxygen atoms in total. The van der Waals surface area contributed by atoms with E-state index in [2.05, 4.69) is 6.58 Å². The van der Waals surface area contributed by atoms with Crippen LogP contribution in [0.3, 0.4) is 0 Å². The average molecular weight is 192 g/mol. The van der Waals surface area contributed by atoms with Gasteiger partial charge in [-0.2, -0.15) is 0 Å². The minimum atomic E-state index is -1.77. The summed E-state index contributed by atoms with van der Waals surface area (Å²) in [6.07, 6.45) is 2.26. The molecule has 0 heterocycles. The second kappa shape index (κ2) is 4.40. The quantitative estimate of drug-likeness (QED) is 0.566. The van der Waals surface area contributed by atoms with Crippen LogP contribution in [0.5, 0.6) is 0 Å². The Morgan fingerprint density at radius 1 is 1.36 bits per heavy atom. The molecule has 1 aromatic rings. The van der Waals surface area contributed by atoms with Crippen molar-refractivity contribution in [2.45, 2.75) is 19.1 Å².